The lowest BCUT2D eigenvalue weighted by molar-refractivity contribution is -0.139. The summed E-state index contributed by atoms with van der Waals surface area (Å²) in [6, 6.07) is 11.0. The summed E-state index contributed by atoms with van der Waals surface area (Å²) in [6.07, 6.45) is 0.734. The number of benzene rings is 2. The van der Waals surface area contributed by atoms with Crippen molar-refractivity contribution in [2.75, 3.05) is 36.9 Å². The summed E-state index contributed by atoms with van der Waals surface area (Å²) in [7, 11) is -2.28. The first-order valence-corrected chi connectivity index (χ1v) is 14.3. The van der Waals surface area contributed by atoms with Crippen LogP contribution in [-0.4, -0.2) is 69.8 Å². The number of amides is 2. The Morgan fingerprint density at radius 2 is 1.68 bits per heavy atom. The SMILES string of the molecule is CCC(C)NC(=O)C(C)N(Cc1ccc(OC)cc1)C(=O)CN(c1ccc2c(c1)OCCO2)S(=O)(=O)CC. The van der Waals surface area contributed by atoms with Crippen LogP contribution in [0.2, 0.25) is 0 Å². The molecule has 2 aromatic rings. The van der Waals surface area contributed by atoms with Crippen molar-refractivity contribution >= 4 is 27.5 Å². The second-order valence-electron chi connectivity index (χ2n) is 9.10. The number of fused-ring (bicyclic) bond motifs is 1. The van der Waals surface area contributed by atoms with Crippen molar-refractivity contribution < 1.29 is 32.2 Å². The van der Waals surface area contributed by atoms with Gasteiger partial charge in [-0.1, -0.05) is 19.1 Å². The average molecular weight is 548 g/mol. The van der Waals surface area contributed by atoms with E-state index in [1.165, 1.54) is 11.8 Å². The average Bonchev–Trinajstić information content (AvgIpc) is 2.93. The molecule has 2 amide bonds. The summed E-state index contributed by atoms with van der Waals surface area (Å²) < 4.78 is 43.7. The van der Waals surface area contributed by atoms with E-state index in [0.717, 1.165) is 16.3 Å². The van der Waals surface area contributed by atoms with Crippen molar-refractivity contribution in [3.8, 4) is 17.2 Å². The van der Waals surface area contributed by atoms with Gasteiger partial charge in [-0.15, -0.1) is 0 Å². The fourth-order valence-corrected chi connectivity index (χ4v) is 4.94. The predicted octanol–water partition coefficient (Wildman–Crippen LogP) is 2.95. The van der Waals surface area contributed by atoms with Crippen molar-refractivity contribution in [1.29, 1.82) is 0 Å². The first-order chi connectivity index (χ1) is 18.1. The van der Waals surface area contributed by atoms with Gasteiger partial charge in [0, 0.05) is 18.7 Å². The van der Waals surface area contributed by atoms with Crippen molar-refractivity contribution in [2.24, 2.45) is 0 Å². The van der Waals surface area contributed by atoms with E-state index in [2.05, 4.69) is 5.32 Å². The van der Waals surface area contributed by atoms with Crippen LogP contribution >= 0.6 is 0 Å². The van der Waals surface area contributed by atoms with Crippen molar-refractivity contribution in [2.45, 2.75) is 52.7 Å². The second-order valence-corrected chi connectivity index (χ2v) is 11.3. The molecule has 10 nitrogen and oxygen atoms in total. The van der Waals surface area contributed by atoms with Crippen molar-refractivity contribution in [3.05, 3.63) is 48.0 Å². The van der Waals surface area contributed by atoms with Gasteiger partial charge in [-0.3, -0.25) is 13.9 Å². The Labute approximate surface area is 224 Å². The number of carbonyl (C=O) groups is 2. The molecule has 0 aromatic heterocycles. The van der Waals surface area contributed by atoms with E-state index >= 15 is 0 Å². The van der Waals surface area contributed by atoms with Crippen LogP contribution in [0.1, 0.15) is 39.7 Å². The normalized spacial score (nSPS) is 14.2. The Balaban J connectivity index is 1.94. The number of sulfonamides is 1. The van der Waals surface area contributed by atoms with Crippen LogP contribution in [-0.2, 0) is 26.2 Å². The lowest BCUT2D eigenvalue weighted by Gasteiger charge is -2.32. The van der Waals surface area contributed by atoms with E-state index < -0.39 is 28.5 Å². The third-order valence-electron chi connectivity index (χ3n) is 6.47. The summed E-state index contributed by atoms with van der Waals surface area (Å²) in [4.78, 5) is 28.2. The highest BCUT2D eigenvalue weighted by Gasteiger charge is 2.32. The monoisotopic (exact) mass is 547 g/mol. The molecule has 1 aliphatic heterocycles. The number of hydrogen-bond acceptors (Lipinski definition) is 7. The molecule has 0 spiro atoms. The van der Waals surface area contributed by atoms with Crippen molar-refractivity contribution in [1.82, 2.24) is 10.2 Å². The number of anilines is 1. The van der Waals surface area contributed by atoms with Gasteiger partial charge in [-0.2, -0.15) is 0 Å². The minimum absolute atomic E-state index is 0.0717. The number of methoxy groups -OCH3 is 1. The van der Waals surface area contributed by atoms with Crippen LogP contribution in [0.25, 0.3) is 0 Å². The Hall–Kier alpha value is -3.47. The minimum atomic E-state index is -3.85. The number of hydrogen-bond donors (Lipinski definition) is 1. The molecule has 11 heteroatoms. The molecule has 208 valence electrons. The third-order valence-corrected chi connectivity index (χ3v) is 8.21. The second kappa shape index (κ2) is 12.9. The molecule has 0 bridgehead atoms. The first-order valence-electron chi connectivity index (χ1n) is 12.7. The minimum Gasteiger partial charge on any atom is -0.497 e. The molecule has 0 saturated heterocycles. The molecule has 38 heavy (non-hydrogen) atoms. The number of nitrogens with zero attached hydrogens (tertiary/aromatic N) is 2. The van der Waals surface area contributed by atoms with Crippen LogP contribution in [0.5, 0.6) is 17.2 Å². The van der Waals surface area contributed by atoms with Crippen LogP contribution in [0, 0.1) is 0 Å². The predicted molar refractivity (Wildman–Crippen MR) is 145 cm³/mol. The summed E-state index contributed by atoms with van der Waals surface area (Å²) in [5.41, 5.74) is 1.05. The molecule has 0 saturated carbocycles. The van der Waals surface area contributed by atoms with Gasteiger partial charge in [0.1, 0.15) is 31.5 Å². The maximum atomic E-state index is 13.8. The maximum Gasteiger partial charge on any atom is 0.244 e. The molecular formula is C27H37N3O7S. The number of nitrogens with one attached hydrogen (secondary N) is 1. The third kappa shape index (κ3) is 7.09. The Morgan fingerprint density at radius 3 is 2.29 bits per heavy atom. The van der Waals surface area contributed by atoms with Gasteiger partial charge in [-0.25, -0.2) is 8.42 Å². The van der Waals surface area contributed by atoms with Crippen LogP contribution in [0.4, 0.5) is 5.69 Å². The van der Waals surface area contributed by atoms with E-state index in [9.17, 15) is 18.0 Å². The first kappa shape index (κ1) is 29.1. The fourth-order valence-electron chi connectivity index (χ4n) is 3.88. The van der Waals surface area contributed by atoms with Gasteiger partial charge in [0.15, 0.2) is 11.5 Å². The van der Waals surface area contributed by atoms with Crippen LogP contribution in [0.3, 0.4) is 0 Å². The molecule has 1 heterocycles. The summed E-state index contributed by atoms with van der Waals surface area (Å²) >= 11 is 0. The zero-order valence-electron chi connectivity index (χ0n) is 22.6. The van der Waals surface area contributed by atoms with E-state index in [4.69, 9.17) is 14.2 Å². The quantitative estimate of drug-likeness (QED) is 0.435. The summed E-state index contributed by atoms with van der Waals surface area (Å²) in [6.45, 7) is 7.37. The topological polar surface area (TPSA) is 114 Å². The van der Waals surface area contributed by atoms with Gasteiger partial charge >= 0.3 is 0 Å². The van der Waals surface area contributed by atoms with Gasteiger partial charge in [0.05, 0.1) is 18.6 Å². The Morgan fingerprint density at radius 1 is 1.03 bits per heavy atom. The highest BCUT2D eigenvalue weighted by Crippen LogP contribution is 2.35. The standard InChI is InChI=1S/C27H37N3O7S/c1-6-19(3)28-27(32)20(4)29(17-21-8-11-23(35-5)12-9-21)26(31)18-30(38(33,34)7-2)22-10-13-24-25(16-22)37-15-14-36-24/h8-13,16,19-20H,6-7,14-15,17-18H2,1-5H3,(H,28,32). The molecule has 0 fully saturated rings. The zero-order chi connectivity index (χ0) is 27.9. The molecular weight excluding hydrogens is 510 g/mol. The number of rotatable bonds is 12. The highest BCUT2D eigenvalue weighted by molar-refractivity contribution is 7.92. The lowest BCUT2D eigenvalue weighted by Crippen LogP contribution is -2.52. The Kier molecular flexibility index (Phi) is 9.84. The fraction of sp³-hybridized carbons (Fsp3) is 0.481. The molecule has 2 atom stereocenters. The molecule has 2 unspecified atom stereocenters. The van der Waals surface area contributed by atoms with E-state index in [1.807, 2.05) is 13.8 Å². The summed E-state index contributed by atoms with van der Waals surface area (Å²) in [5, 5.41) is 2.91. The Bertz CT molecular complexity index is 1220. The van der Waals surface area contributed by atoms with E-state index in [1.54, 1.807) is 56.5 Å². The molecule has 2 aromatic carbocycles. The van der Waals surface area contributed by atoms with Crippen molar-refractivity contribution in [3.63, 3.8) is 0 Å². The molecule has 1 aliphatic rings. The molecule has 0 radical (unpaired) electrons. The van der Waals surface area contributed by atoms with Gasteiger partial charge in [0.25, 0.3) is 0 Å². The molecule has 0 aliphatic carbocycles. The number of ether oxygens (including phenoxy) is 3. The smallest absolute Gasteiger partial charge is 0.244 e. The van der Waals surface area contributed by atoms with E-state index in [-0.39, 0.29) is 29.9 Å². The molecule has 1 N–H and O–H groups in total. The molecule has 3 rings (SSSR count). The summed E-state index contributed by atoms with van der Waals surface area (Å²) in [5.74, 6) is 0.542. The van der Waals surface area contributed by atoms with Gasteiger partial charge < -0.3 is 24.4 Å². The largest absolute Gasteiger partial charge is 0.497 e. The maximum absolute atomic E-state index is 13.8. The van der Waals surface area contributed by atoms with Gasteiger partial charge in [0.2, 0.25) is 21.8 Å². The van der Waals surface area contributed by atoms with Crippen LogP contribution in [0.15, 0.2) is 42.5 Å². The van der Waals surface area contributed by atoms with E-state index in [0.29, 0.717) is 30.5 Å². The number of carbonyl (C=O) groups excluding carboxylic acids is 2. The zero-order valence-corrected chi connectivity index (χ0v) is 23.4. The van der Waals surface area contributed by atoms with Crippen LogP contribution < -0.4 is 23.8 Å². The lowest BCUT2D eigenvalue weighted by atomic mass is 10.1. The van der Waals surface area contributed by atoms with Gasteiger partial charge in [-0.05, 0) is 57.0 Å². The highest BCUT2D eigenvalue weighted by atomic mass is 32.2.